The van der Waals surface area contributed by atoms with Crippen LogP contribution in [0.3, 0.4) is 0 Å². The Balaban J connectivity index is 1.56. The fourth-order valence-electron chi connectivity index (χ4n) is 3.08. The van der Waals surface area contributed by atoms with Crippen LogP contribution in [-0.2, 0) is 4.79 Å². The lowest BCUT2D eigenvalue weighted by Crippen LogP contribution is -2.50. The molecule has 1 aromatic carbocycles. The first-order valence-corrected chi connectivity index (χ1v) is 8.47. The van der Waals surface area contributed by atoms with Gasteiger partial charge in [-0.05, 0) is 30.3 Å². The summed E-state index contributed by atoms with van der Waals surface area (Å²) in [6.07, 6.45) is 3.38. The molecule has 0 N–H and O–H groups in total. The molecule has 3 heterocycles. The zero-order chi connectivity index (χ0) is 18.1. The van der Waals surface area contributed by atoms with Crippen molar-refractivity contribution in [1.29, 1.82) is 0 Å². The molecule has 2 amide bonds. The molecule has 7 nitrogen and oxygen atoms in total. The van der Waals surface area contributed by atoms with Crippen molar-refractivity contribution in [2.75, 3.05) is 26.2 Å². The number of carbonyl (C=O) groups excluding carboxylic acids is 2. The lowest BCUT2D eigenvalue weighted by molar-refractivity contribution is -0.130. The predicted octanol–water partition coefficient (Wildman–Crippen LogP) is 2.19. The number of rotatable bonds is 2. The van der Waals surface area contributed by atoms with Crippen molar-refractivity contribution in [3.63, 3.8) is 0 Å². The van der Waals surface area contributed by atoms with Gasteiger partial charge in [0.15, 0.2) is 5.58 Å². The Hall–Kier alpha value is -3.22. The van der Waals surface area contributed by atoms with E-state index in [2.05, 4.69) is 9.97 Å². The van der Waals surface area contributed by atoms with Crippen molar-refractivity contribution < 1.29 is 14.0 Å². The molecule has 1 aliphatic heterocycles. The van der Waals surface area contributed by atoms with Crippen LogP contribution >= 0.6 is 0 Å². The summed E-state index contributed by atoms with van der Waals surface area (Å²) in [6.45, 7) is 3.76. The van der Waals surface area contributed by atoms with Crippen molar-refractivity contribution in [1.82, 2.24) is 19.8 Å². The predicted molar refractivity (Wildman–Crippen MR) is 95.4 cm³/mol. The Bertz CT molecular complexity index is 959. The minimum atomic E-state index is -0.0546. The van der Waals surface area contributed by atoms with Gasteiger partial charge >= 0.3 is 0 Å². The summed E-state index contributed by atoms with van der Waals surface area (Å²) in [6, 6.07) is 8.96. The molecule has 3 aromatic rings. The molecule has 4 rings (SSSR count). The molecular weight excluding hydrogens is 332 g/mol. The maximum atomic E-state index is 12.8. The molecule has 0 spiro atoms. The summed E-state index contributed by atoms with van der Waals surface area (Å²) in [5, 5.41) is 0. The molecule has 1 saturated heterocycles. The number of piperazine rings is 1. The van der Waals surface area contributed by atoms with E-state index >= 15 is 0 Å². The minimum Gasteiger partial charge on any atom is -0.436 e. The van der Waals surface area contributed by atoms with Gasteiger partial charge in [0, 0.05) is 51.1 Å². The monoisotopic (exact) mass is 350 g/mol. The molecule has 0 atom stereocenters. The molecule has 7 heteroatoms. The van der Waals surface area contributed by atoms with E-state index in [0.717, 1.165) is 5.56 Å². The maximum absolute atomic E-state index is 12.8. The van der Waals surface area contributed by atoms with E-state index in [0.29, 0.717) is 48.7 Å². The highest BCUT2D eigenvalue weighted by Crippen LogP contribution is 2.24. The van der Waals surface area contributed by atoms with Crippen LogP contribution in [0.5, 0.6) is 0 Å². The van der Waals surface area contributed by atoms with Gasteiger partial charge in [0.25, 0.3) is 5.91 Å². The van der Waals surface area contributed by atoms with Gasteiger partial charge in [-0.25, -0.2) is 4.98 Å². The van der Waals surface area contributed by atoms with Crippen LogP contribution in [0, 0.1) is 0 Å². The quantitative estimate of drug-likeness (QED) is 0.708. The standard InChI is InChI=1S/C19H18N4O3/c1-13(24)22-7-9-23(10-8-22)19(25)14-4-5-17-16(11-14)21-18(26-17)15-3-2-6-20-12-15/h2-6,11-12H,7-10H2,1H3. The van der Waals surface area contributed by atoms with Crippen LogP contribution in [-0.4, -0.2) is 57.8 Å². The zero-order valence-corrected chi connectivity index (χ0v) is 14.4. The zero-order valence-electron chi connectivity index (χ0n) is 14.4. The molecule has 0 bridgehead atoms. The second-order valence-electron chi connectivity index (χ2n) is 6.24. The van der Waals surface area contributed by atoms with Gasteiger partial charge < -0.3 is 14.2 Å². The smallest absolute Gasteiger partial charge is 0.254 e. The first-order valence-electron chi connectivity index (χ1n) is 8.47. The van der Waals surface area contributed by atoms with Crippen molar-refractivity contribution in [3.05, 3.63) is 48.3 Å². The molecule has 132 valence electrons. The Kier molecular flexibility index (Phi) is 4.12. The lowest BCUT2D eigenvalue weighted by Gasteiger charge is -2.34. The van der Waals surface area contributed by atoms with Crippen molar-refractivity contribution in [2.24, 2.45) is 0 Å². The van der Waals surface area contributed by atoms with E-state index in [1.807, 2.05) is 12.1 Å². The number of fused-ring (bicyclic) bond motifs is 1. The number of hydrogen-bond acceptors (Lipinski definition) is 5. The van der Waals surface area contributed by atoms with Gasteiger partial charge in [0.2, 0.25) is 11.8 Å². The number of oxazole rings is 1. The summed E-state index contributed by atoms with van der Waals surface area (Å²) in [7, 11) is 0. The van der Waals surface area contributed by atoms with E-state index in [1.165, 1.54) is 0 Å². The second kappa shape index (κ2) is 6.59. The van der Waals surface area contributed by atoms with Crippen molar-refractivity contribution in [3.8, 4) is 11.5 Å². The van der Waals surface area contributed by atoms with Crippen molar-refractivity contribution in [2.45, 2.75) is 6.92 Å². The summed E-state index contributed by atoms with van der Waals surface area (Å²) in [4.78, 5) is 36.2. The van der Waals surface area contributed by atoms with E-state index in [4.69, 9.17) is 4.42 Å². The second-order valence-corrected chi connectivity index (χ2v) is 6.24. The molecular formula is C19H18N4O3. The van der Waals surface area contributed by atoms with Crippen LogP contribution in [0.2, 0.25) is 0 Å². The first-order chi connectivity index (χ1) is 12.6. The molecule has 0 saturated carbocycles. The topological polar surface area (TPSA) is 79.5 Å². The Morgan fingerprint density at radius 2 is 1.85 bits per heavy atom. The molecule has 1 fully saturated rings. The summed E-state index contributed by atoms with van der Waals surface area (Å²) in [5.41, 5.74) is 2.62. The highest BCUT2D eigenvalue weighted by Gasteiger charge is 2.23. The fourth-order valence-corrected chi connectivity index (χ4v) is 3.08. The fraction of sp³-hybridized carbons (Fsp3) is 0.263. The highest BCUT2D eigenvalue weighted by atomic mass is 16.3. The molecule has 2 aromatic heterocycles. The van der Waals surface area contributed by atoms with Gasteiger partial charge in [-0.2, -0.15) is 0 Å². The average molecular weight is 350 g/mol. The molecule has 0 unspecified atom stereocenters. The van der Waals surface area contributed by atoms with Crippen LogP contribution in [0.1, 0.15) is 17.3 Å². The summed E-state index contributed by atoms with van der Waals surface area (Å²) >= 11 is 0. The number of carbonyl (C=O) groups is 2. The highest BCUT2D eigenvalue weighted by molar-refractivity contribution is 5.97. The Morgan fingerprint density at radius 1 is 1.08 bits per heavy atom. The van der Waals surface area contributed by atoms with Gasteiger partial charge in [-0.15, -0.1) is 0 Å². The molecule has 26 heavy (non-hydrogen) atoms. The van der Waals surface area contributed by atoms with E-state index in [9.17, 15) is 9.59 Å². The normalized spacial score (nSPS) is 14.7. The number of benzene rings is 1. The third-order valence-corrected chi connectivity index (χ3v) is 4.56. The number of hydrogen-bond donors (Lipinski definition) is 0. The molecule has 1 aliphatic rings. The van der Waals surface area contributed by atoms with Crippen molar-refractivity contribution >= 4 is 22.9 Å². The van der Waals surface area contributed by atoms with Gasteiger partial charge in [-0.1, -0.05) is 0 Å². The number of amides is 2. The van der Waals surface area contributed by atoms with Crippen LogP contribution < -0.4 is 0 Å². The van der Waals surface area contributed by atoms with E-state index in [-0.39, 0.29) is 11.8 Å². The molecule has 0 aliphatic carbocycles. The third-order valence-electron chi connectivity index (χ3n) is 4.56. The van der Waals surface area contributed by atoms with Crippen LogP contribution in [0.25, 0.3) is 22.6 Å². The SMILES string of the molecule is CC(=O)N1CCN(C(=O)c2ccc3oc(-c4cccnc4)nc3c2)CC1. The van der Waals surface area contributed by atoms with Gasteiger partial charge in [-0.3, -0.25) is 14.6 Å². The number of aromatic nitrogens is 2. The average Bonchev–Trinajstić information content (AvgIpc) is 3.11. The van der Waals surface area contributed by atoms with Crippen LogP contribution in [0.4, 0.5) is 0 Å². The summed E-state index contributed by atoms with van der Waals surface area (Å²) < 4.78 is 5.75. The Morgan fingerprint density at radius 3 is 2.54 bits per heavy atom. The van der Waals surface area contributed by atoms with Gasteiger partial charge in [0.1, 0.15) is 5.52 Å². The number of pyridine rings is 1. The van der Waals surface area contributed by atoms with Crippen LogP contribution in [0.15, 0.2) is 47.1 Å². The maximum Gasteiger partial charge on any atom is 0.254 e. The first kappa shape index (κ1) is 16.3. The largest absolute Gasteiger partial charge is 0.436 e. The van der Waals surface area contributed by atoms with Gasteiger partial charge in [0.05, 0.1) is 5.56 Å². The molecule has 0 radical (unpaired) electrons. The Labute approximate surface area is 150 Å². The number of nitrogens with zero attached hydrogens (tertiary/aromatic N) is 4. The van der Waals surface area contributed by atoms with E-state index < -0.39 is 0 Å². The summed E-state index contributed by atoms with van der Waals surface area (Å²) in [5.74, 6) is 0.470. The van der Waals surface area contributed by atoms with E-state index in [1.54, 1.807) is 47.3 Å². The lowest BCUT2D eigenvalue weighted by atomic mass is 10.1. The minimum absolute atomic E-state index is 0.0454. The third kappa shape index (κ3) is 3.03.